The normalized spacial score (nSPS) is 10.3. The van der Waals surface area contributed by atoms with E-state index in [4.69, 9.17) is 14.2 Å². The van der Waals surface area contributed by atoms with Gasteiger partial charge in [0.25, 0.3) is 0 Å². The second-order valence-corrected chi connectivity index (χ2v) is 8.75. The quantitative estimate of drug-likeness (QED) is 0.149. The van der Waals surface area contributed by atoms with Gasteiger partial charge in [0.2, 0.25) is 0 Å². The number of hydrogen-bond donors (Lipinski definition) is 0. The van der Waals surface area contributed by atoms with E-state index in [0.717, 1.165) is 45.8 Å². The molecular weight excluding hydrogens is 490 g/mol. The molecule has 0 aliphatic rings. The predicted octanol–water partition coefficient (Wildman–Crippen LogP) is 7.80. The maximum atomic E-state index is 11.8. The van der Waals surface area contributed by atoms with Gasteiger partial charge in [-0.25, -0.2) is 9.59 Å². The standard InChI is InChI=1S/C33H29NO5/c1-4-32(35)37-22-25-10-14-27(15-11-25)34(28-16-12-26(13-17-28)23-38-33(36)24(2)3)29-18-20-31(21-19-29)39-30-8-6-5-7-9-30/h4-21H,1-2,22-23H2,3H3. The first kappa shape index (κ1) is 26.9. The summed E-state index contributed by atoms with van der Waals surface area (Å²) in [5.74, 6) is 0.599. The van der Waals surface area contributed by atoms with Crippen LogP contribution in [0.4, 0.5) is 17.1 Å². The average molecular weight is 520 g/mol. The van der Waals surface area contributed by atoms with E-state index < -0.39 is 11.9 Å². The first-order chi connectivity index (χ1) is 18.9. The number of carbonyl (C=O) groups is 2. The average Bonchev–Trinajstić information content (AvgIpc) is 2.97. The number of nitrogens with zero attached hydrogens (tertiary/aromatic N) is 1. The molecule has 6 nitrogen and oxygen atoms in total. The molecule has 0 atom stereocenters. The van der Waals surface area contributed by atoms with E-state index in [-0.39, 0.29) is 13.2 Å². The van der Waals surface area contributed by atoms with Crippen LogP contribution in [-0.2, 0) is 32.3 Å². The van der Waals surface area contributed by atoms with Crippen LogP contribution in [0.15, 0.2) is 128 Å². The van der Waals surface area contributed by atoms with Crippen molar-refractivity contribution in [2.45, 2.75) is 20.1 Å². The molecule has 4 aromatic rings. The van der Waals surface area contributed by atoms with Crippen molar-refractivity contribution in [3.8, 4) is 11.5 Å². The zero-order valence-corrected chi connectivity index (χ0v) is 21.7. The molecule has 0 amide bonds. The number of anilines is 3. The molecule has 196 valence electrons. The summed E-state index contributed by atoms with van der Waals surface area (Å²) in [6.45, 7) is 8.98. The molecule has 4 rings (SSSR count). The van der Waals surface area contributed by atoms with Gasteiger partial charge in [-0.15, -0.1) is 0 Å². The van der Waals surface area contributed by atoms with Crippen LogP contribution < -0.4 is 9.64 Å². The van der Waals surface area contributed by atoms with E-state index in [1.165, 1.54) is 0 Å². The minimum Gasteiger partial charge on any atom is -0.458 e. The molecule has 0 saturated heterocycles. The van der Waals surface area contributed by atoms with Crippen molar-refractivity contribution in [1.29, 1.82) is 0 Å². The monoisotopic (exact) mass is 519 g/mol. The van der Waals surface area contributed by atoms with Crippen molar-refractivity contribution >= 4 is 29.0 Å². The van der Waals surface area contributed by atoms with E-state index in [2.05, 4.69) is 18.1 Å². The Kier molecular flexibility index (Phi) is 8.93. The lowest BCUT2D eigenvalue weighted by Crippen LogP contribution is -2.10. The highest BCUT2D eigenvalue weighted by molar-refractivity contribution is 5.87. The summed E-state index contributed by atoms with van der Waals surface area (Å²) < 4.78 is 16.4. The molecule has 0 N–H and O–H groups in total. The molecule has 0 heterocycles. The third kappa shape index (κ3) is 7.46. The summed E-state index contributed by atoms with van der Waals surface area (Å²) in [7, 11) is 0. The number of para-hydroxylation sites is 1. The Bertz CT molecular complexity index is 1430. The van der Waals surface area contributed by atoms with E-state index in [9.17, 15) is 9.59 Å². The second kappa shape index (κ2) is 12.9. The number of hydrogen-bond acceptors (Lipinski definition) is 6. The molecule has 0 fully saturated rings. The Morgan fingerprint density at radius 2 is 1.15 bits per heavy atom. The van der Waals surface area contributed by atoms with Crippen LogP contribution in [0.25, 0.3) is 0 Å². The molecule has 0 bridgehead atoms. The lowest BCUT2D eigenvalue weighted by Gasteiger charge is -2.26. The van der Waals surface area contributed by atoms with Crippen molar-refractivity contribution in [3.05, 3.63) is 139 Å². The van der Waals surface area contributed by atoms with E-state index in [1.54, 1.807) is 6.92 Å². The van der Waals surface area contributed by atoms with Crippen molar-refractivity contribution in [1.82, 2.24) is 0 Å². The summed E-state index contributed by atoms with van der Waals surface area (Å²) in [5.41, 5.74) is 4.82. The number of benzene rings is 4. The van der Waals surface area contributed by atoms with Gasteiger partial charge in [-0.05, 0) is 78.7 Å². The summed E-state index contributed by atoms with van der Waals surface area (Å²) >= 11 is 0. The van der Waals surface area contributed by atoms with E-state index in [1.807, 2.05) is 103 Å². The number of rotatable bonds is 11. The highest BCUT2D eigenvalue weighted by atomic mass is 16.5. The molecule has 0 aliphatic carbocycles. The van der Waals surface area contributed by atoms with Crippen LogP contribution in [0.5, 0.6) is 11.5 Å². The van der Waals surface area contributed by atoms with Crippen LogP contribution in [0, 0.1) is 0 Å². The summed E-state index contributed by atoms with van der Waals surface area (Å²) in [5, 5.41) is 0. The van der Waals surface area contributed by atoms with Crippen LogP contribution in [0.2, 0.25) is 0 Å². The fraction of sp³-hybridized carbons (Fsp3) is 0.0909. The minimum absolute atomic E-state index is 0.161. The lowest BCUT2D eigenvalue weighted by molar-refractivity contribution is -0.140. The van der Waals surface area contributed by atoms with Crippen LogP contribution >= 0.6 is 0 Å². The fourth-order valence-electron chi connectivity index (χ4n) is 3.70. The molecule has 39 heavy (non-hydrogen) atoms. The predicted molar refractivity (Wildman–Crippen MR) is 152 cm³/mol. The molecule has 0 radical (unpaired) electrons. The molecule has 0 spiro atoms. The van der Waals surface area contributed by atoms with Crippen molar-refractivity contribution < 1.29 is 23.8 Å². The van der Waals surface area contributed by atoms with Gasteiger partial charge >= 0.3 is 11.9 Å². The van der Waals surface area contributed by atoms with Crippen LogP contribution in [0.3, 0.4) is 0 Å². The van der Waals surface area contributed by atoms with Gasteiger partial charge in [-0.1, -0.05) is 55.6 Å². The number of esters is 2. The highest BCUT2D eigenvalue weighted by Crippen LogP contribution is 2.36. The largest absolute Gasteiger partial charge is 0.458 e. The summed E-state index contributed by atoms with van der Waals surface area (Å²) in [4.78, 5) is 25.3. The molecule has 0 aromatic heterocycles. The summed E-state index contributed by atoms with van der Waals surface area (Å²) in [6, 6.07) is 33.0. The van der Waals surface area contributed by atoms with Crippen molar-refractivity contribution in [2.24, 2.45) is 0 Å². The van der Waals surface area contributed by atoms with Crippen LogP contribution in [-0.4, -0.2) is 11.9 Å². The fourth-order valence-corrected chi connectivity index (χ4v) is 3.70. The smallest absolute Gasteiger partial charge is 0.333 e. The molecular formula is C33H29NO5. The zero-order chi connectivity index (χ0) is 27.6. The molecule has 0 unspecified atom stereocenters. The summed E-state index contributed by atoms with van der Waals surface area (Å²) in [6.07, 6.45) is 1.14. The SMILES string of the molecule is C=CC(=O)OCc1ccc(N(c2ccc(COC(=O)C(=C)C)cc2)c2ccc(Oc3ccccc3)cc2)cc1. The van der Waals surface area contributed by atoms with E-state index in [0.29, 0.717) is 5.57 Å². The topological polar surface area (TPSA) is 65.1 Å². The molecule has 4 aromatic carbocycles. The Balaban J connectivity index is 1.59. The van der Waals surface area contributed by atoms with Crippen LogP contribution in [0.1, 0.15) is 18.1 Å². The van der Waals surface area contributed by atoms with Gasteiger partial charge < -0.3 is 19.1 Å². The first-order valence-electron chi connectivity index (χ1n) is 12.4. The van der Waals surface area contributed by atoms with Gasteiger partial charge in [-0.2, -0.15) is 0 Å². The highest BCUT2D eigenvalue weighted by Gasteiger charge is 2.14. The maximum absolute atomic E-state index is 11.8. The molecule has 0 aliphatic heterocycles. The maximum Gasteiger partial charge on any atom is 0.333 e. The van der Waals surface area contributed by atoms with Crippen molar-refractivity contribution in [3.63, 3.8) is 0 Å². The van der Waals surface area contributed by atoms with Gasteiger partial charge in [0, 0.05) is 28.7 Å². The Morgan fingerprint density at radius 1 is 0.692 bits per heavy atom. The van der Waals surface area contributed by atoms with Gasteiger partial charge in [0.05, 0.1) is 0 Å². The van der Waals surface area contributed by atoms with Gasteiger partial charge in [0.1, 0.15) is 24.7 Å². The van der Waals surface area contributed by atoms with Gasteiger partial charge in [0.15, 0.2) is 0 Å². The Morgan fingerprint density at radius 3 is 1.64 bits per heavy atom. The van der Waals surface area contributed by atoms with Crippen molar-refractivity contribution in [2.75, 3.05) is 4.90 Å². The lowest BCUT2D eigenvalue weighted by atomic mass is 10.1. The number of carbonyl (C=O) groups excluding carboxylic acids is 2. The van der Waals surface area contributed by atoms with Gasteiger partial charge in [-0.3, -0.25) is 0 Å². The Hall–Kier alpha value is -5.10. The third-order valence-corrected chi connectivity index (χ3v) is 5.73. The first-order valence-corrected chi connectivity index (χ1v) is 12.4. The third-order valence-electron chi connectivity index (χ3n) is 5.73. The Labute approximate surface area is 228 Å². The zero-order valence-electron chi connectivity index (χ0n) is 21.7. The minimum atomic E-state index is -0.465. The van der Waals surface area contributed by atoms with E-state index >= 15 is 0 Å². The second-order valence-electron chi connectivity index (χ2n) is 8.75. The molecule has 0 saturated carbocycles. The number of ether oxygens (including phenoxy) is 3. The molecule has 6 heteroatoms.